The van der Waals surface area contributed by atoms with Crippen molar-refractivity contribution < 1.29 is 28.6 Å². The van der Waals surface area contributed by atoms with Crippen molar-refractivity contribution in [3.05, 3.63) is 72.9 Å². The van der Waals surface area contributed by atoms with Gasteiger partial charge in [-0.2, -0.15) is 0 Å². The van der Waals surface area contributed by atoms with Gasteiger partial charge in [-0.1, -0.05) is 196 Å². The fraction of sp³-hybridized carbons (Fsp3) is 0.700. The molecule has 0 N–H and O–H groups in total. The van der Waals surface area contributed by atoms with E-state index in [0.29, 0.717) is 19.3 Å². The molecule has 6 nitrogen and oxygen atoms in total. The number of allylic oxidation sites excluding steroid dienone is 12. The van der Waals surface area contributed by atoms with E-state index in [9.17, 15) is 14.4 Å². The van der Waals surface area contributed by atoms with E-state index < -0.39 is 6.10 Å². The van der Waals surface area contributed by atoms with Gasteiger partial charge in [0.1, 0.15) is 13.2 Å². The number of rotatable bonds is 40. The first-order valence-corrected chi connectivity index (χ1v) is 23.0. The highest BCUT2D eigenvalue weighted by Crippen LogP contribution is 2.13. The number of ether oxygens (including phenoxy) is 3. The van der Waals surface area contributed by atoms with Gasteiger partial charge in [0.05, 0.1) is 0 Å². The second-order valence-corrected chi connectivity index (χ2v) is 15.1. The van der Waals surface area contributed by atoms with Crippen molar-refractivity contribution in [1.82, 2.24) is 0 Å². The number of hydrogen-bond donors (Lipinski definition) is 0. The van der Waals surface area contributed by atoms with Crippen LogP contribution < -0.4 is 0 Å². The highest BCUT2D eigenvalue weighted by molar-refractivity contribution is 5.71. The molecule has 0 fully saturated rings. The quantitative estimate of drug-likeness (QED) is 0.0203. The fourth-order valence-corrected chi connectivity index (χ4v) is 6.10. The first-order valence-electron chi connectivity index (χ1n) is 23.0. The van der Waals surface area contributed by atoms with Gasteiger partial charge < -0.3 is 14.2 Å². The molecule has 0 bridgehead atoms. The van der Waals surface area contributed by atoms with Crippen molar-refractivity contribution in [2.45, 2.75) is 213 Å². The first kappa shape index (κ1) is 52.9. The number of carbonyl (C=O) groups is 3. The van der Waals surface area contributed by atoms with E-state index >= 15 is 0 Å². The van der Waals surface area contributed by atoms with Gasteiger partial charge in [0.2, 0.25) is 0 Å². The summed E-state index contributed by atoms with van der Waals surface area (Å²) < 4.78 is 16.7. The molecule has 6 heteroatoms. The SMILES string of the molecule is CC\C=C/C=C\C=C/C=C\C=C/CCCCCC(=O)OCC(COC(=O)CCCCCCCCCCCC)OC(=O)CCCCC/C=C\CCCCCCCC. The van der Waals surface area contributed by atoms with Crippen LogP contribution in [0.5, 0.6) is 0 Å². The smallest absolute Gasteiger partial charge is 0.306 e. The van der Waals surface area contributed by atoms with Crippen LogP contribution in [0.25, 0.3) is 0 Å². The third kappa shape index (κ3) is 42.0. The third-order valence-corrected chi connectivity index (χ3v) is 9.57. The summed E-state index contributed by atoms with van der Waals surface area (Å²) in [5.41, 5.74) is 0. The molecular formula is C50H84O6. The first-order chi connectivity index (χ1) is 27.5. The van der Waals surface area contributed by atoms with Crippen LogP contribution in [0.2, 0.25) is 0 Å². The highest BCUT2D eigenvalue weighted by atomic mass is 16.6. The molecule has 0 aliphatic rings. The largest absolute Gasteiger partial charge is 0.462 e. The van der Waals surface area contributed by atoms with Crippen LogP contribution in [-0.4, -0.2) is 37.2 Å². The lowest BCUT2D eigenvalue weighted by Gasteiger charge is -2.18. The third-order valence-electron chi connectivity index (χ3n) is 9.57. The maximum atomic E-state index is 12.7. The zero-order valence-corrected chi connectivity index (χ0v) is 36.4. The minimum atomic E-state index is -0.796. The van der Waals surface area contributed by atoms with Crippen LogP contribution in [0.4, 0.5) is 0 Å². The van der Waals surface area contributed by atoms with Crippen molar-refractivity contribution in [3.8, 4) is 0 Å². The van der Waals surface area contributed by atoms with Crippen LogP contribution in [0, 0.1) is 0 Å². The lowest BCUT2D eigenvalue weighted by atomic mass is 10.1. The van der Waals surface area contributed by atoms with E-state index in [1.807, 2.05) is 48.6 Å². The molecule has 0 saturated heterocycles. The summed E-state index contributed by atoms with van der Waals surface area (Å²) in [4.78, 5) is 37.7. The zero-order chi connectivity index (χ0) is 40.8. The number of carbonyl (C=O) groups excluding carboxylic acids is 3. The fourth-order valence-electron chi connectivity index (χ4n) is 6.10. The molecule has 0 rings (SSSR count). The monoisotopic (exact) mass is 781 g/mol. The summed E-state index contributed by atoms with van der Waals surface area (Å²) >= 11 is 0. The van der Waals surface area contributed by atoms with E-state index in [4.69, 9.17) is 14.2 Å². The number of hydrogen-bond acceptors (Lipinski definition) is 6. The molecule has 0 aromatic rings. The number of unbranched alkanes of at least 4 members (excludes halogenated alkanes) is 21. The van der Waals surface area contributed by atoms with Crippen molar-refractivity contribution in [3.63, 3.8) is 0 Å². The second-order valence-electron chi connectivity index (χ2n) is 15.1. The van der Waals surface area contributed by atoms with Crippen LogP contribution >= 0.6 is 0 Å². The second kappa shape index (κ2) is 44.6. The standard InChI is InChI=1S/C50H84O6/c1-4-7-10-13-16-19-22-24-25-27-28-31-34-37-40-43-49(52)55-46-47(45-54-48(51)42-39-36-33-30-21-18-15-12-9-6-3)56-50(53)44-41-38-35-32-29-26-23-20-17-14-11-8-5-2/h7,10,13,16,19,22,24-29,47H,4-6,8-9,11-12,14-15,17-18,20-21,23,30-46H2,1-3H3/b10-7-,16-13-,22-19-,25-24-,28-27-,29-26-. The van der Waals surface area contributed by atoms with Gasteiger partial charge in [0.25, 0.3) is 0 Å². The normalized spacial score (nSPS) is 12.7. The van der Waals surface area contributed by atoms with Crippen LogP contribution in [0.3, 0.4) is 0 Å². The maximum Gasteiger partial charge on any atom is 0.306 e. The summed E-state index contributed by atoms with van der Waals surface area (Å²) in [5, 5.41) is 0. The van der Waals surface area contributed by atoms with Crippen LogP contribution in [0.15, 0.2) is 72.9 Å². The minimum Gasteiger partial charge on any atom is -0.462 e. The summed E-state index contributed by atoms with van der Waals surface area (Å²) in [6.07, 6.45) is 54.5. The van der Waals surface area contributed by atoms with E-state index in [1.165, 1.54) is 83.5 Å². The average Bonchev–Trinajstić information content (AvgIpc) is 3.19. The molecule has 0 amide bonds. The van der Waals surface area contributed by atoms with Crippen LogP contribution in [-0.2, 0) is 28.6 Å². The Balaban J connectivity index is 4.48. The topological polar surface area (TPSA) is 78.9 Å². The van der Waals surface area contributed by atoms with Gasteiger partial charge in [-0.25, -0.2) is 0 Å². The van der Waals surface area contributed by atoms with E-state index in [2.05, 4.69) is 45.1 Å². The zero-order valence-electron chi connectivity index (χ0n) is 36.4. The Hall–Kier alpha value is -3.15. The molecule has 1 unspecified atom stereocenters. The maximum absolute atomic E-state index is 12.7. The van der Waals surface area contributed by atoms with E-state index in [1.54, 1.807) is 0 Å². The Labute approximate surface area is 344 Å². The predicted octanol–water partition coefficient (Wildman–Crippen LogP) is 14.7. The van der Waals surface area contributed by atoms with Crippen molar-refractivity contribution in [2.75, 3.05) is 13.2 Å². The Bertz CT molecular complexity index is 1080. The molecular weight excluding hydrogens is 697 g/mol. The van der Waals surface area contributed by atoms with Gasteiger partial charge in [0, 0.05) is 19.3 Å². The van der Waals surface area contributed by atoms with E-state index in [0.717, 1.165) is 83.5 Å². The molecule has 320 valence electrons. The Morgan fingerprint density at radius 2 is 0.714 bits per heavy atom. The lowest BCUT2D eigenvalue weighted by molar-refractivity contribution is -0.167. The predicted molar refractivity (Wildman–Crippen MR) is 238 cm³/mol. The molecule has 0 radical (unpaired) electrons. The molecule has 0 heterocycles. The average molecular weight is 781 g/mol. The van der Waals surface area contributed by atoms with Crippen molar-refractivity contribution >= 4 is 17.9 Å². The summed E-state index contributed by atoms with van der Waals surface area (Å²) in [5.74, 6) is -0.960. The Kier molecular flexibility index (Phi) is 42.1. The van der Waals surface area contributed by atoms with Gasteiger partial charge in [-0.3, -0.25) is 14.4 Å². The molecule has 0 aliphatic carbocycles. The molecule has 0 spiro atoms. The van der Waals surface area contributed by atoms with Gasteiger partial charge in [0.15, 0.2) is 6.10 Å². The molecule has 0 aromatic heterocycles. The summed E-state index contributed by atoms with van der Waals surface area (Å²) in [7, 11) is 0. The molecule has 1 atom stereocenters. The minimum absolute atomic E-state index is 0.0947. The summed E-state index contributed by atoms with van der Waals surface area (Å²) in [6, 6.07) is 0. The number of esters is 3. The van der Waals surface area contributed by atoms with Crippen LogP contribution in [0.1, 0.15) is 207 Å². The van der Waals surface area contributed by atoms with Gasteiger partial charge in [-0.15, -0.1) is 0 Å². The molecule has 56 heavy (non-hydrogen) atoms. The lowest BCUT2D eigenvalue weighted by Crippen LogP contribution is -2.30. The van der Waals surface area contributed by atoms with Gasteiger partial charge >= 0.3 is 17.9 Å². The van der Waals surface area contributed by atoms with E-state index in [-0.39, 0.29) is 31.1 Å². The van der Waals surface area contributed by atoms with Crippen molar-refractivity contribution in [1.29, 1.82) is 0 Å². The Morgan fingerprint density at radius 3 is 1.16 bits per heavy atom. The summed E-state index contributed by atoms with van der Waals surface area (Å²) in [6.45, 7) is 6.41. The Morgan fingerprint density at radius 1 is 0.375 bits per heavy atom. The molecule has 0 aromatic carbocycles. The molecule has 0 aliphatic heterocycles. The van der Waals surface area contributed by atoms with Gasteiger partial charge in [-0.05, 0) is 64.2 Å². The molecule has 0 saturated carbocycles. The van der Waals surface area contributed by atoms with Crippen molar-refractivity contribution in [2.24, 2.45) is 0 Å². The highest BCUT2D eigenvalue weighted by Gasteiger charge is 2.19.